The molecular formula is C27H40N6. The predicted molar refractivity (Wildman–Crippen MR) is 137 cm³/mol. The maximum atomic E-state index is 5.13. The van der Waals surface area contributed by atoms with Gasteiger partial charge in [-0.2, -0.15) is 0 Å². The molecule has 0 saturated carbocycles. The lowest BCUT2D eigenvalue weighted by Crippen LogP contribution is -2.44. The van der Waals surface area contributed by atoms with E-state index in [2.05, 4.69) is 57.8 Å². The molecule has 3 aliphatic rings. The summed E-state index contributed by atoms with van der Waals surface area (Å²) in [6.07, 6.45) is 7.23. The Morgan fingerprint density at radius 3 is 2.33 bits per heavy atom. The number of likely N-dealkylation sites (tertiary alicyclic amines) is 1. The van der Waals surface area contributed by atoms with Gasteiger partial charge in [-0.05, 0) is 83.1 Å². The maximum absolute atomic E-state index is 5.13. The first-order valence-electron chi connectivity index (χ1n) is 13.1. The third kappa shape index (κ3) is 5.17. The van der Waals surface area contributed by atoms with Gasteiger partial charge in [0.05, 0.1) is 0 Å². The van der Waals surface area contributed by atoms with Crippen LogP contribution >= 0.6 is 0 Å². The summed E-state index contributed by atoms with van der Waals surface area (Å²) in [4.78, 5) is 20.2. The van der Waals surface area contributed by atoms with Crippen LogP contribution in [0.25, 0.3) is 11.4 Å². The van der Waals surface area contributed by atoms with Gasteiger partial charge < -0.3 is 19.6 Å². The number of hydrogen-bond acceptors (Lipinski definition) is 6. The van der Waals surface area contributed by atoms with Crippen molar-refractivity contribution in [3.05, 3.63) is 35.5 Å². The van der Waals surface area contributed by atoms with Gasteiger partial charge in [0.25, 0.3) is 0 Å². The lowest BCUT2D eigenvalue weighted by molar-refractivity contribution is 0.313. The molecular weight excluding hydrogens is 408 g/mol. The van der Waals surface area contributed by atoms with Crippen molar-refractivity contribution in [1.29, 1.82) is 0 Å². The van der Waals surface area contributed by atoms with Crippen LogP contribution in [0.2, 0.25) is 0 Å². The first-order valence-corrected chi connectivity index (χ1v) is 13.1. The molecule has 0 spiro atoms. The van der Waals surface area contributed by atoms with Crippen molar-refractivity contribution in [2.24, 2.45) is 0 Å². The number of rotatable bonds is 8. The number of aromatic nitrogens is 2. The number of hydrogen-bond donors (Lipinski definition) is 0. The minimum Gasteiger partial charge on any atom is -0.369 e. The molecule has 0 unspecified atom stereocenters. The third-order valence-electron chi connectivity index (χ3n) is 7.58. The fourth-order valence-corrected chi connectivity index (χ4v) is 5.56. The Bertz CT molecular complexity index is 913. The fraction of sp³-hybridized carbons (Fsp3) is 0.630. The number of piperazine rings is 1. The molecule has 3 aliphatic heterocycles. The molecule has 6 nitrogen and oxygen atoms in total. The van der Waals surface area contributed by atoms with E-state index in [9.17, 15) is 0 Å². The van der Waals surface area contributed by atoms with Gasteiger partial charge in [0.2, 0.25) is 0 Å². The number of fused-ring (bicyclic) bond motifs is 1. The molecule has 5 rings (SSSR count). The standard InChI is InChI=1S/C27H40N6/c1-3-7-25-24-12-17-33(16-6-15-31-13-4-5-14-31)27(24)29-26(28-25)22-8-10-23(11-9-22)32-20-18-30(2)19-21-32/h8-11H,3-7,12-21H2,1-2H3. The lowest BCUT2D eigenvalue weighted by atomic mass is 10.1. The summed E-state index contributed by atoms with van der Waals surface area (Å²) >= 11 is 0. The van der Waals surface area contributed by atoms with Gasteiger partial charge in [0, 0.05) is 61.8 Å². The van der Waals surface area contributed by atoms with Gasteiger partial charge >= 0.3 is 0 Å². The Balaban J connectivity index is 1.33. The molecule has 0 aliphatic carbocycles. The van der Waals surface area contributed by atoms with Crippen LogP contribution in [-0.2, 0) is 12.8 Å². The van der Waals surface area contributed by atoms with Gasteiger partial charge in [-0.3, -0.25) is 0 Å². The number of likely N-dealkylation sites (N-methyl/N-ethyl adjacent to an activating group) is 1. The van der Waals surface area contributed by atoms with Crippen LogP contribution in [0.4, 0.5) is 11.5 Å². The summed E-state index contributed by atoms with van der Waals surface area (Å²) in [7, 11) is 2.20. The van der Waals surface area contributed by atoms with Gasteiger partial charge in [0.1, 0.15) is 5.82 Å². The molecule has 6 heteroatoms. The van der Waals surface area contributed by atoms with Gasteiger partial charge in [-0.15, -0.1) is 0 Å². The van der Waals surface area contributed by atoms with Crippen molar-refractivity contribution in [2.45, 2.75) is 45.4 Å². The highest BCUT2D eigenvalue weighted by molar-refractivity contribution is 5.65. The summed E-state index contributed by atoms with van der Waals surface area (Å²) in [5.41, 5.74) is 5.11. The second kappa shape index (κ2) is 10.4. The minimum atomic E-state index is 0.897. The van der Waals surface area contributed by atoms with Gasteiger partial charge in [-0.1, -0.05) is 13.3 Å². The van der Waals surface area contributed by atoms with E-state index in [-0.39, 0.29) is 0 Å². The largest absolute Gasteiger partial charge is 0.369 e. The molecule has 4 heterocycles. The molecule has 0 N–H and O–H groups in total. The first-order chi connectivity index (χ1) is 16.2. The molecule has 0 bridgehead atoms. The van der Waals surface area contributed by atoms with E-state index in [1.807, 2.05) is 0 Å². The molecule has 0 radical (unpaired) electrons. The Morgan fingerprint density at radius 2 is 1.61 bits per heavy atom. The van der Waals surface area contributed by atoms with Crippen molar-refractivity contribution in [2.75, 3.05) is 75.8 Å². The van der Waals surface area contributed by atoms with Crippen molar-refractivity contribution in [1.82, 2.24) is 19.8 Å². The Labute approximate surface area is 199 Å². The minimum absolute atomic E-state index is 0.897. The molecule has 2 fully saturated rings. The van der Waals surface area contributed by atoms with Crippen LogP contribution in [0.3, 0.4) is 0 Å². The van der Waals surface area contributed by atoms with Crippen molar-refractivity contribution < 1.29 is 0 Å². The molecule has 1 aromatic carbocycles. The smallest absolute Gasteiger partial charge is 0.161 e. The number of anilines is 2. The molecule has 178 valence electrons. The Kier molecular flexibility index (Phi) is 7.12. The third-order valence-corrected chi connectivity index (χ3v) is 7.58. The van der Waals surface area contributed by atoms with Crippen molar-refractivity contribution in [3.8, 4) is 11.4 Å². The summed E-state index contributed by atoms with van der Waals surface area (Å²) in [5.74, 6) is 2.10. The van der Waals surface area contributed by atoms with Crippen LogP contribution in [0.15, 0.2) is 24.3 Å². The zero-order valence-corrected chi connectivity index (χ0v) is 20.6. The van der Waals surface area contributed by atoms with Crippen molar-refractivity contribution >= 4 is 11.5 Å². The summed E-state index contributed by atoms with van der Waals surface area (Å²) in [5, 5.41) is 0. The van der Waals surface area contributed by atoms with Crippen LogP contribution in [-0.4, -0.2) is 85.7 Å². The van der Waals surface area contributed by atoms with Crippen LogP contribution in [0.1, 0.15) is 43.9 Å². The van der Waals surface area contributed by atoms with E-state index in [4.69, 9.17) is 9.97 Å². The van der Waals surface area contributed by atoms with E-state index >= 15 is 0 Å². The number of nitrogens with zero attached hydrogens (tertiary/aromatic N) is 6. The van der Waals surface area contributed by atoms with Crippen LogP contribution < -0.4 is 9.80 Å². The highest BCUT2D eigenvalue weighted by atomic mass is 15.2. The van der Waals surface area contributed by atoms with E-state index in [1.165, 1.54) is 61.7 Å². The molecule has 0 amide bonds. The SMILES string of the molecule is CCCc1nc(-c2ccc(N3CCN(C)CC3)cc2)nc2c1CCN2CCCN1CCCC1. The van der Waals surface area contributed by atoms with Crippen molar-refractivity contribution in [3.63, 3.8) is 0 Å². The van der Waals surface area contributed by atoms with Gasteiger partial charge in [0.15, 0.2) is 5.82 Å². The second-order valence-electron chi connectivity index (χ2n) is 10.0. The molecule has 2 saturated heterocycles. The molecule has 33 heavy (non-hydrogen) atoms. The topological polar surface area (TPSA) is 38.7 Å². The number of aryl methyl sites for hydroxylation is 1. The van der Waals surface area contributed by atoms with E-state index in [0.29, 0.717) is 0 Å². The second-order valence-corrected chi connectivity index (χ2v) is 10.0. The normalized spacial score (nSPS) is 19.5. The molecule has 2 aromatic rings. The zero-order chi connectivity index (χ0) is 22.6. The van der Waals surface area contributed by atoms with E-state index in [0.717, 1.165) is 69.9 Å². The summed E-state index contributed by atoms with van der Waals surface area (Å²) in [6, 6.07) is 8.95. The average Bonchev–Trinajstić information content (AvgIpc) is 3.50. The van der Waals surface area contributed by atoms with E-state index < -0.39 is 0 Å². The Hall–Kier alpha value is -2.18. The average molecular weight is 449 g/mol. The molecule has 0 atom stereocenters. The molecule has 1 aromatic heterocycles. The monoisotopic (exact) mass is 448 g/mol. The quantitative estimate of drug-likeness (QED) is 0.613. The van der Waals surface area contributed by atoms with E-state index in [1.54, 1.807) is 0 Å². The Morgan fingerprint density at radius 1 is 0.848 bits per heavy atom. The lowest BCUT2D eigenvalue weighted by Gasteiger charge is -2.34. The summed E-state index contributed by atoms with van der Waals surface area (Å²) < 4.78 is 0. The summed E-state index contributed by atoms with van der Waals surface area (Å²) in [6.45, 7) is 12.7. The fourth-order valence-electron chi connectivity index (χ4n) is 5.56. The van der Waals surface area contributed by atoms with Gasteiger partial charge in [-0.25, -0.2) is 9.97 Å². The van der Waals surface area contributed by atoms with Crippen LogP contribution in [0, 0.1) is 0 Å². The number of benzene rings is 1. The van der Waals surface area contributed by atoms with Crippen LogP contribution in [0.5, 0.6) is 0 Å². The zero-order valence-electron chi connectivity index (χ0n) is 20.6. The highest BCUT2D eigenvalue weighted by Gasteiger charge is 2.26. The highest BCUT2D eigenvalue weighted by Crippen LogP contribution is 2.32. The first kappa shape index (κ1) is 22.6. The predicted octanol–water partition coefficient (Wildman–Crippen LogP) is 3.70. The maximum Gasteiger partial charge on any atom is 0.161 e.